The van der Waals surface area contributed by atoms with E-state index in [9.17, 15) is 0 Å². The minimum Gasteiger partial charge on any atom is -0.316 e. The second-order valence-corrected chi connectivity index (χ2v) is 5.43. The van der Waals surface area contributed by atoms with Gasteiger partial charge in [0, 0.05) is 18.1 Å². The minimum absolute atomic E-state index is 0.785. The third-order valence-electron chi connectivity index (χ3n) is 3.94. The lowest BCUT2D eigenvalue weighted by Gasteiger charge is -2.22. The molecule has 3 rings (SSSR count). The molecule has 1 aromatic heterocycles. The molecule has 100 valence electrons. The Morgan fingerprint density at radius 2 is 2.37 bits per heavy atom. The first kappa shape index (κ1) is 12.4. The Morgan fingerprint density at radius 3 is 3.11 bits per heavy atom. The highest BCUT2D eigenvalue weighted by atomic mass is 15.1. The SMILES string of the molecule is Cc1nccn1-c1cccc(CC2CCCNC2)c1. The maximum atomic E-state index is 4.29. The van der Waals surface area contributed by atoms with Crippen molar-refractivity contribution in [3.05, 3.63) is 48.0 Å². The summed E-state index contributed by atoms with van der Waals surface area (Å²) in [5.74, 6) is 1.82. The van der Waals surface area contributed by atoms with Crippen molar-refractivity contribution in [3.8, 4) is 5.69 Å². The third kappa shape index (κ3) is 2.87. The van der Waals surface area contributed by atoms with Crippen molar-refractivity contribution in [1.29, 1.82) is 0 Å². The van der Waals surface area contributed by atoms with Crippen LogP contribution < -0.4 is 5.32 Å². The Morgan fingerprint density at radius 1 is 1.42 bits per heavy atom. The molecule has 1 saturated heterocycles. The van der Waals surface area contributed by atoms with Crippen LogP contribution in [0.4, 0.5) is 0 Å². The zero-order valence-electron chi connectivity index (χ0n) is 11.5. The number of aromatic nitrogens is 2. The molecule has 0 aliphatic carbocycles. The first-order valence-electron chi connectivity index (χ1n) is 7.13. The monoisotopic (exact) mass is 255 g/mol. The summed E-state index contributed by atoms with van der Waals surface area (Å²) in [5.41, 5.74) is 2.65. The van der Waals surface area contributed by atoms with Gasteiger partial charge in [-0.05, 0) is 62.9 Å². The lowest BCUT2D eigenvalue weighted by Crippen LogP contribution is -2.30. The summed E-state index contributed by atoms with van der Waals surface area (Å²) in [5, 5.41) is 3.49. The van der Waals surface area contributed by atoms with Gasteiger partial charge in [-0.1, -0.05) is 12.1 Å². The van der Waals surface area contributed by atoms with E-state index < -0.39 is 0 Å². The molecule has 0 saturated carbocycles. The topological polar surface area (TPSA) is 29.9 Å². The molecule has 1 N–H and O–H groups in total. The van der Waals surface area contributed by atoms with E-state index in [4.69, 9.17) is 0 Å². The molecule has 1 atom stereocenters. The normalized spacial score (nSPS) is 19.5. The summed E-state index contributed by atoms with van der Waals surface area (Å²) in [6.07, 6.45) is 7.71. The fourth-order valence-electron chi connectivity index (χ4n) is 2.92. The van der Waals surface area contributed by atoms with Crippen LogP contribution >= 0.6 is 0 Å². The lowest BCUT2D eigenvalue weighted by molar-refractivity contribution is 0.376. The second kappa shape index (κ2) is 5.57. The molecule has 3 nitrogen and oxygen atoms in total. The Kier molecular flexibility index (Phi) is 3.65. The number of benzene rings is 1. The predicted molar refractivity (Wildman–Crippen MR) is 77.6 cm³/mol. The second-order valence-electron chi connectivity index (χ2n) is 5.43. The van der Waals surface area contributed by atoms with Gasteiger partial charge in [0.1, 0.15) is 5.82 Å². The number of hydrogen-bond donors (Lipinski definition) is 1. The number of piperidine rings is 1. The van der Waals surface area contributed by atoms with Gasteiger partial charge >= 0.3 is 0 Å². The Balaban J connectivity index is 1.78. The fraction of sp³-hybridized carbons (Fsp3) is 0.438. The van der Waals surface area contributed by atoms with Crippen LogP contribution in [0.2, 0.25) is 0 Å². The molecule has 0 amide bonds. The minimum atomic E-state index is 0.785. The molecule has 1 aliphatic rings. The molecular weight excluding hydrogens is 234 g/mol. The van der Waals surface area contributed by atoms with E-state index in [1.54, 1.807) is 0 Å². The Hall–Kier alpha value is -1.61. The Bertz CT molecular complexity index is 538. The lowest BCUT2D eigenvalue weighted by atomic mass is 9.92. The summed E-state index contributed by atoms with van der Waals surface area (Å²) in [4.78, 5) is 4.29. The van der Waals surface area contributed by atoms with E-state index in [-0.39, 0.29) is 0 Å². The summed E-state index contributed by atoms with van der Waals surface area (Å²) < 4.78 is 2.14. The van der Waals surface area contributed by atoms with E-state index in [0.29, 0.717) is 0 Å². The number of aryl methyl sites for hydroxylation is 1. The molecule has 0 bridgehead atoms. The quantitative estimate of drug-likeness (QED) is 0.914. The number of imidazole rings is 1. The molecule has 0 spiro atoms. The first-order valence-corrected chi connectivity index (χ1v) is 7.13. The van der Waals surface area contributed by atoms with Gasteiger partial charge in [-0.2, -0.15) is 0 Å². The first-order chi connectivity index (χ1) is 9.33. The van der Waals surface area contributed by atoms with E-state index in [2.05, 4.69) is 39.1 Å². The predicted octanol–water partition coefficient (Wildman–Crippen LogP) is 2.72. The van der Waals surface area contributed by atoms with Crippen molar-refractivity contribution in [2.75, 3.05) is 13.1 Å². The summed E-state index contributed by atoms with van der Waals surface area (Å²) >= 11 is 0. The van der Waals surface area contributed by atoms with E-state index in [1.807, 2.05) is 19.3 Å². The van der Waals surface area contributed by atoms with Crippen LogP contribution in [0.1, 0.15) is 24.2 Å². The van der Waals surface area contributed by atoms with Crippen molar-refractivity contribution in [1.82, 2.24) is 14.9 Å². The number of nitrogens with zero attached hydrogens (tertiary/aromatic N) is 2. The van der Waals surface area contributed by atoms with Gasteiger partial charge in [0.15, 0.2) is 0 Å². The number of nitrogens with one attached hydrogen (secondary N) is 1. The van der Waals surface area contributed by atoms with Crippen LogP contribution in [-0.2, 0) is 6.42 Å². The molecule has 1 aliphatic heterocycles. The molecule has 2 aromatic rings. The zero-order valence-corrected chi connectivity index (χ0v) is 11.5. The van der Waals surface area contributed by atoms with Gasteiger partial charge in [0.2, 0.25) is 0 Å². The van der Waals surface area contributed by atoms with Crippen LogP contribution in [-0.4, -0.2) is 22.6 Å². The molecule has 0 radical (unpaired) electrons. The smallest absolute Gasteiger partial charge is 0.110 e. The van der Waals surface area contributed by atoms with E-state index in [0.717, 1.165) is 18.3 Å². The number of hydrogen-bond acceptors (Lipinski definition) is 2. The van der Waals surface area contributed by atoms with Crippen LogP contribution in [0.25, 0.3) is 5.69 Å². The molecule has 1 fully saturated rings. The standard InChI is InChI=1S/C16H21N3/c1-13-18-8-9-19(13)16-6-2-4-14(11-16)10-15-5-3-7-17-12-15/h2,4,6,8-9,11,15,17H,3,5,7,10,12H2,1H3. The van der Waals surface area contributed by atoms with Crippen LogP contribution in [0.5, 0.6) is 0 Å². The average molecular weight is 255 g/mol. The van der Waals surface area contributed by atoms with Gasteiger partial charge in [-0.25, -0.2) is 4.98 Å². The maximum absolute atomic E-state index is 4.29. The van der Waals surface area contributed by atoms with Crippen molar-refractivity contribution in [3.63, 3.8) is 0 Å². The highest BCUT2D eigenvalue weighted by Crippen LogP contribution is 2.19. The van der Waals surface area contributed by atoms with Gasteiger partial charge < -0.3 is 9.88 Å². The van der Waals surface area contributed by atoms with Crippen LogP contribution in [0.3, 0.4) is 0 Å². The molecular formula is C16H21N3. The summed E-state index contributed by atoms with van der Waals surface area (Å²) in [7, 11) is 0. The molecule has 3 heteroatoms. The number of rotatable bonds is 3. The van der Waals surface area contributed by atoms with Crippen LogP contribution in [0.15, 0.2) is 36.7 Å². The molecule has 1 aromatic carbocycles. The zero-order chi connectivity index (χ0) is 13.1. The van der Waals surface area contributed by atoms with Crippen molar-refractivity contribution in [2.24, 2.45) is 5.92 Å². The van der Waals surface area contributed by atoms with E-state index in [1.165, 1.54) is 37.1 Å². The van der Waals surface area contributed by atoms with Crippen molar-refractivity contribution in [2.45, 2.75) is 26.2 Å². The maximum Gasteiger partial charge on any atom is 0.110 e. The fourth-order valence-corrected chi connectivity index (χ4v) is 2.92. The highest BCUT2D eigenvalue weighted by Gasteiger charge is 2.13. The Labute approximate surface area is 114 Å². The average Bonchev–Trinajstić information content (AvgIpc) is 2.86. The van der Waals surface area contributed by atoms with Crippen molar-refractivity contribution >= 4 is 0 Å². The van der Waals surface area contributed by atoms with Gasteiger partial charge in [0.05, 0.1) is 0 Å². The van der Waals surface area contributed by atoms with Crippen LogP contribution in [0, 0.1) is 12.8 Å². The third-order valence-corrected chi connectivity index (χ3v) is 3.94. The van der Waals surface area contributed by atoms with Gasteiger partial charge in [-0.3, -0.25) is 0 Å². The van der Waals surface area contributed by atoms with Crippen molar-refractivity contribution < 1.29 is 0 Å². The van der Waals surface area contributed by atoms with E-state index >= 15 is 0 Å². The molecule has 2 heterocycles. The van der Waals surface area contributed by atoms with Gasteiger partial charge in [-0.15, -0.1) is 0 Å². The molecule has 1 unspecified atom stereocenters. The highest BCUT2D eigenvalue weighted by molar-refractivity contribution is 5.37. The summed E-state index contributed by atoms with van der Waals surface area (Å²) in [6, 6.07) is 8.84. The summed E-state index contributed by atoms with van der Waals surface area (Å²) in [6.45, 7) is 4.39. The van der Waals surface area contributed by atoms with Gasteiger partial charge in [0.25, 0.3) is 0 Å². The largest absolute Gasteiger partial charge is 0.316 e. The molecule has 19 heavy (non-hydrogen) atoms.